The fourth-order valence-corrected chi connectivity index (χ4v) is 6.68. The minimum Gasteiger partial charge on any atom is -0.507 e. The van der Waals surface area contributed by atoms with Gasteiger partial charge in [0.1, 0.15) is 65.5 Å². The lowest BCUT2D eigenvalue weighted by atomic mass is 9.92. The van der Waals surface area contributed by atoms with Crippen molar-refractivity contribution >= 4 is 17.7 Å². The van der Waals surface area contributed by atoms with Crippen LogP contribution in [-0.4, -0.2) is 135 Å². The average molecular weight is 790 g/mol. The zero-order valence-electron chi connectivity index (χ0n) is 30.0. The summed E-state index contributed by atoms with van der Waals surface area (Å²) in [6.07, 6.45) is -19.4. The largest absolute Gasteiger partial charge is 0.507 e. The number of nitrogens with one attached hydrogen (secondary N) is 1. The molecule has 3 aliphatic heterocycles. The van der Waals surface area contributed by atoms with Crippen LogP contribution in [0.2, 0.25) is 0 Å². The number of rotatable bonds is 11. The second-order valence-electron chi connectivity index (χ2n) is 14.4. The highest BCUT2D eigenvalue weighted by atomic mass is 16.7. The third-order valence-electron chi connectivity index (χ3n) is 9.88. The van der Waals surface area contributed by atoms with E-state index >= 15 is 0 Å². The quantitative estimate of drug-likeness (QED) is 0.0873. The summed E-state index contributed by atoms with van der Waals surface area (Å²) in [5, 5.41) is 104. The number of ether oxygens (including phenoxy) is 5. The summed E-state index contributed by atoms with van der Waals surface area (Å²) < 4.78 is 27.6. The topological polar surface area (TPSA) is 315 Å². The first-order chi connectivity index (χ1) is 26.4. The van der Waals surface area contributed by atoms with E-state index in [1.54, 1.807) is 6.20 Å². The van der Waals surface area contributed by atoms with E-state index < -0.39 is 102 Å². The maximum Gasteiger partial charge on any atom is 0.340 e. The molecule has 0 saturated carbocycles. The predicted molar refractivity (Wildman–Crippen MR) is 185 cm³/mol. The highest BCUT2D eigenvalue weighted by Crippen LogP contribution is 2.47. The van der Waals surface area contributed by atoms with Gasteiger partial charge in [0.25, 0.3) is 0 Å². The van der Waals surface area contributed by atoms with Gasteiger partial charge in [-0.3, -0.25) is 4.79 Å². The lowest BCUT2D eigenvalue weighted by molar-refractivity contribution is -0.302. The van der Waals surface area contributed by atoms with Crippen molar-refractivity contribution in [2.45, 2.75) is 107 Å². The van der Waals surface area contributed by atoms with Gasteiger partial charge in [-0.1, -0.05) is 19.9 Å². The number of aliphatic hydroxyl groups excluding tert-OH is 6. The number of Topliss-reactive ketones (excluding diaryl/α,β-unsaturated/α-hetero) is 1. The van der Waals surface area contributed by atoms with Crippen LogP contribution >= 0.6 is 0 Å². The first-order valence-electron chi connectivity index (χ1n) is 17.7. The number of phenols is 3. The third kappa shape index (κ3) is 8.11. The van der Waals surface area contributed by atoms with Crippen LogP contribution in [-0.2, 0) is 36.6 Å². The van der Waals surface area contributed by atoms with Gasteiger partial charge in [0, 0.05) is 29.9 Å². The molecule has 1 aromatic heterocycles. The molecule has 11 N–H and O–H groups in total. The van der Waals surface area contributed by atoms with E-state index in [1.807, 2.05) is 6.07 Å². The smallest absolute Gasteiger partial charge is 0.340 e. The molecule has 1 unspecified atom stereocenters. The van der Waals surface area contributed by atoms with Crippen molar-refractivity contribution in [1.29, 1.82) is 0 Å². The third-order valence-corrected chi connectivity index (χ3v) is 9.88. The van der Waals surface area contributed by atoms with Gasteiger partial charge >= 0.3 is 11.9 Å². The summed E-state index contributed by atoms with van der Waals surface area (Å²) in [7, 11) is 0. The SMILES string of the molecule is CC(C)CCc1cc(Cc2c(O[C@H]3O[C@H](C(=O)O[C@H]4O[C@H](C(=O)O)[C@@H](O)[C@H](O)[C@H]4O)[C@@H](O)[C@H](O)[C@H]3O)cc3c(c2O)C(=O)CC(c2ccc(O)c(O)c2)O3)c[nH]1. The molecule has 4 heterocycles. The van der Waals surface area contributed by atoms with Crippen LogP contribution in [0.25, 0.3) is 0 Å². The molecular weight excluding hydrogens is 746 g/mol. The number of fused-ring (bicyclic) bond motifs is 1. The monoisotopic (exact) mass is 789 g/mol. The number of ketones is 1. The Kier molecular flexibility index (Phi) is 11.8. The van der Waals surface area contributed by atoms with Gasteiger partial charge in [-0.25, -0.2) is 9.59 Å². The number of benzene rings is 2. The Hall–Kier alpha value is -4.99. The summed E-state index contributed by atoms with van der Waals surface area (Å²) in [6.45, 7) is 4.15. The zero-order chi connectivity index (χ0) is 40.7. The van der Waals surface area contributed by atoms with E-state index in [1.165, 1.54) is 24.3 Å². The molecule has 2 fully saturated rings. The molecule has 11 atom stereocenters. The molecule has 6 rings (SSSR count). The van der Waals surface area contributed by atoms with Gasteiger partial charge in [-0.05, 0) is 48.1 Å². The number of aliphatic carboxylic acids is 1. The molecule has 19 heteroatoms. The second kappa shape index (κ2) is 16.2. The number of aryl methyl sites for hydroxylation is 1. The zero-order valence-corrected chi connectivity index (χ0v) is 30.0. The Morgan fingerprint density at radius 2 is 1.52 bits per heavy atom. The molecule has 0 amide bonds. The molecule has 2 aromatic carbocycles. The van der Waals surface area contributed by atoms with E-state index in [-0.39, 0.29) is 35.5 Å². The van der Waals surface area contributed by atoms with Gasteiger partial charge in [-0.15, -0.1) is 0 Å². The Bertz CT molecular complexity index is 1950. The highest BCUT2D eigenvalue weighted by Gasteiger charge is 2.53. The van der Waals surface area contributed by atoms with Gasteiger partial charge < -0.3 is 79.7 Å². The summed E-state index contributed by atoms with van der Waals surface area (Å²) in [5.41, 5.74) is 1.63. The number of H-pyrrole nitrogens is 1. The van der Waals surface area contributed by atoms with Crippen LogP contribution in [0.15, 0.2) is 36.5 Å². The summed E-state index contributed by atoms with van der Waals surface area (Å²) in [6, 6.07) is 6.89. The molecule has 0 aliphatic carbocycles. The molecule has 3 aliphatic rings. The number of carbonyl (C=O) groups excluding carboxylic acids is 2. The van der Waals surface area contributed by atoms with Crippen molar-refractivity contribution in [3.8, 4) is 28.7 Å². The van der Waals surface area contributed by atoms with E-state index in [9.17, 15) is 65.4 Å². The average Bonchev–Trinajstić information content (AvgIpc) is 3.60. The second-order valence-corrected chi connectivity index (χ2v) is 14.4. The van der Waals surface area contributed by atoms with Crippen LogP contribution in [0.4, 0.5) is 0 Å². The molecule has 304 valence electrons. The standard InChI is InChI=1S/C37H43NO18/c1-13(2)3-5-16-7-14(12-38-16)8-17-22(11-23-24(25(17)42)20(41)10-21(52-23)15-4-6-18(39)19(40)9-15)53-36-30(47)27(44)29(46)33(55-36)35(51)56-37-31(48)26(43)28(45)32(54-37)34(49)50/h4,6-7,9,11-13,21,26-33,36-40,42-48H,3,5,8,10H2,1-2H3,(H,49,50)/t21?,26-,27-,28-,29-,30+,31+,32-,33-,36-,37+/m0/s1. The Morgan fingerprint density at radius 3 is 2.18 bits per heavy atom. The minimum atomic E-state index is -2.20. The number of hydrogen-bond donors (Lipinski definition) is 11. The van der Waals surface area contributed by atoms with Crippen molar-refractivity contribution in [1.82, 2.24) is 4.98 Å². The fourth-order valence-electron chi connectivity index (χ4n) is 6.68. The number of aromatic amines is 1. The van der Waals surface area contributed by atoms with Crippen LogP contribution in [0.3, 0.4) is 0 Å². The maximum atomic E-state index is 13.6. The summed E-state index contributed by atoms with van der Waals surface area (Å²) >= 11 is 0. The molecular formula is C37H43NO18. The molecule has 2 saturated heterocycles. The Labute approximate surface area is 317 Å². The Balaban J connectivity index is 1.32. The van der Waals surface area contributed by atoms with Crippen molar-refractivity contribution in [3.05, 3.63) is 64.5 Å². The number of carboxylic acid groups (broad SMARTS) is 1. The van der Waals surface area contributed by atoms with Crippen LogP contribution in [0.5, 0.6) is 28.7 Å². The lowest BCUT2D eigenvalue weighted by Crippen LogP contribution is -2.63. The van der Waals surface area contributed by atoms with E-state index in [4.69, 9.17) is 23.7 Å². The van der Waals surface area contributed by atoms with Crippen LogP contribution in [0.1, 0.15) is 65.5 Å². The number of aromatic nitrogens is 1. The van der Waals surface area contributed by atoms with Crippen LogP contribution in [0, 0.1) is 5.92 Å². The molecule has 0 spiro atoms. The van der Waals surface area contributed by atoms with Crippen molar-refractivity contribution in [2.24, 2.45) is 5.92 Å². The summed E-state index contributed by atoms with van der Waals surface area (Å²) in [5.74, 6) is -5.36. The fraction of sp³-hybridized carbons (Fsp3) is 0.486. The molecule has 3 aromatic rings. The van der Waals surface area contributed by atoms with E-state index in [0.29, 0.717) is 17.0 Å². The number of aliphatic hydroxyl groups is 6. The van der Waals surface area contributed by atoms with Gasteiger partial charge in [-0.2, -0.15) is 0 Å². The predicted octanol–water partition coefficient (Wildman–Crippen LogP) is -0.361. The summed E-state index contributed by atoms with van der Waals surface area (Å²) in [4.78, 5) is 41.5. The maximum absolute atomic E-state index is 13.6. The molecule has 19 nitrogen and oxygen atoms in total. The number of carboxylic acids is 1. The molecule has 0 bridgehead atoms. The number of carbonyl (C=O) groups is 3. The Morgan fingerprint density at radius 1 is 0.857 bits per heavy atom. The molecule has 56 heavy (non-hydrogen) atoms. The van der Waals surface area contributed by atoms with Gasteiger partial charge in [0.15, 0.2) is 29.5 Å². The first-order valence-corrected chi connectivity index (χ1v) is 17.7. The van der Waals surface area contributed by atoms with Crippen molar-refractivity contribution < 1.29 is 89.1 Å². The number of phenolic OH excluding ortho intramolecular Hbond substituents is 3. The van der Waals surface area contributed by atoms with Crippen LogP contribution < -0.4 is 9.47 Å². The van der Waals surface area contributed by atoms with Gasteiger partial charge in [0.05, 0.1) is 6.42 Å². The number of aromatic hydroxyl groups is 3. The molecule has 0 radical (unpaired) electrons. The lowest BCUT2D eigenvalue weighted by Gasteiger charge is -2.41. The van der Waals surface area contributed by atoms with E-state index in [0.717, 1.165) is 18.5 Å². The highest BCUT2D eigenvalue weighted by molar-refractivity contribution is 6.03. The van der Waals surface area contributed by atoms with E-state index in [2.05, 4.69) is 18.8 Å². The van der Waals surface area contributed by atoms with Gasteiger partial charge in [0.2, 0.25) is 12.6 Å². The number of hydrogen-bond acceptors (Lipinski definition) is 17. The van der Waals surface area contributed by atoms with Crippen molar-refractivity contribution in [2.75, 3.05) is 0 Å². The minimum absolute atomic E-state index is 0.00244. The normalized spacial score (nSPS) is 30.4. The first kappa shape index (κ1) is 40.7. The number of esters is 1. The van der Waals surface area contributed by atoms with Crippen molar-refractivity contribution in [3.63, 3.8) is 0 Å².